The molecular formula is C8H16N2O2. The van der Waals surface area contributed by atoms with Gasteiger partial charge in [0.2, 0.25) is 0 Å². The van der Waals surface area contributed by atoms with Gasteiger partial charge in [0.05, 0.1) is 12.6 Å². The molecule has 1 heterocycles. The summed E-state index contributed by atoms with van der Waals surface area (Å²) in [5.41, 5.74) is 0. The molecule has 0 radical (unpaired) electrons. The molecule has 1 fully saturated rings. The van der Waals surface area contributed by atoms with Crippen molar-refractivity contribution in [2.45, 2.75) is 25.3 Å². The number of carbonyl (C=O) groups is 1. The molecule has 70 valence electrons. The molecule has 0 saturated carbocycles. The van der Waals surface area contributed by atoms with Gasteiger partial charge >= 0.3 is 6.03 Å². The number of likely N-dealkylation sites (tertiary alicyclic amines) is 1. The van der Waals surface area contributed by atoms with E-state index in [1.807, 2.05) is 0 Å². The summed E-state index contributed by atoms with van der Waals surface area (Å²) in [6, 6.07) is -0.0487. The van der Waals surface area contributed by atoms with Gasteiger partial charge in [-0.15, -0.1) is 0 Å². The van der Waals surface area contributed by atoms with Gasteiger partial charge in [0, 0.05) is 13.6 Å². The van der Waals surface area contributed by atoms with Gasteiger partial charge in [-0.05, 0) is 19.3 Å². The standard InChI is InChI=1S/C8H16N2O2/c1-9-8(12)10-5-3-2-4-7(10)6-11/h7,11H,2-6H2,1H3,(H,9,12). The van der Waals surface area contributed by atoms with Crippen LogP contribution in [0.3, 0.4) is 0 Å². The second-order valence-corrected chi connectivity index (χ2v) is 3.08. The van der Waals surface area contributed by atoms with E-state index in [-0.39, 0.29) is 18.7 Å². The van der Waals surface area contributed by atoms with Crippen molar-refractivity contribution < 1.29 is 9.90 Å². The summed E-state index contributed by atoms with van der Waals surface area (Å²) in [6.07, 6.45) is 3.08. The Labute approximate surface area is 72.6 Å². The van der Waals surface area contributed by atoms with Crippen molar-refractivity contribution in [2.75, 3.05) is 20.2 Å². The van der Waals surface area contributed by atoms with E-state index < -0.39 is 0 Å². The van der Waals surface area contributed by atoms with E-state index in [4.69, 9.17) is 5.11 Å². The molecule has 1 aliphatic heterocycles. The van der Waals surface area contributed by atoms with Crippen LogP contribution in [0.2, 0.25) is 0 Å². The third-order valence-electron chi connectivity index (χ3n) is 2.31. The lowest BCUT2D eigenvalue weighted by atomic mass is 10.0. The molecule has 0 spiro atoms. The summed E-state index contributed by atoms with van der Waals surface area (Å²) in [5, 5.41) is 11.6. The Kier molecular flexibility index (Phi) is 3.34. The summed E-state index contributed by atoms with van der Waals surface area (Å²) in [5.74, 6) is 0. The highest BCUT2D eigenvalue weighted by Gasteiger charge is 2.24. The molecule has 1 atom stereocenters. The smallest absolute Gasteiger partial charge is 0.317 e. The largest absolute Gasteiger partial charge is 0.394 e. The van der Waals surface area contributed by atoms with E-state index in [2.05, 4.69) is 5.32 Å². The van der Waals surface area contributed by atoms with E-state index in [1.54, 1.807) is 11.9 Å². The molecule has 0 aromatic carbocycles. The van der Waals surface area contributed by atoms with Crippen LogP contribution in [0, 0.1) is 0 Å². The minimum atomic E-state index is -0.0752. The second kappa shape index (κ2) is 4.30. The average Bonchev–Trinajstić information content (AvgIpc) is 2.16. The Balaban J connectivity index is 2.52. The first kappa shape index (κ1) is 9.32. The van der Waals surface area contributed by atoms with Crippen molar-refractivity contribution in [3.8, 4) is 0 Å². The van der Waals surface area contributed by atoms with Gasteiger partial charge < -0.3 is 15.3 Å². The van der Waals surface area contributed by atoms with Crippen LogP contribution in [0.1, 0.15) is 19.3 Å². The number of aliphatic hydroxyl groups is 1. The fourth-order valence-corrected chi connectivity index (χ4v) is 1.60. The lowest BCUT2D eigenvalue weighted by Crippen LogP contribution is -2.49. The van der Waals surface area contributed by atoms with Gasteiger partial charge in [-0.3, -0.25) is 0 Å². The van der Waals surface area contributed by atoms with Gasteiger partial charge in [-0.1, -0.05) is 0 Å². The molecule has 0 aromatic heterocycles. The van der Waals surface area contributed by atoms with Gasteiger partial charge in [0.25, 0.3) is 0 Å². The lowest BCUT2D eigenvalue weighted by Gasteiger charge is -2.34. The molecule has 1 unspecified atom stereocenters. The van der Waals surface area contributed by atoms with Gasteiger partial charge in [0.15, 0.2) is 0 Å². The molecule has 4 heteroatoms. The first-order chi connectivity index (χ1) is 5.79. The van der Waals surface area contributed by atoms with Crippen molar-refractivity contribution in [1.82, 2.24) is 10.2 Å². The summed E-state index contributed by atoms with van der Waals surface area (Å²) in [7, 11) is 1.62. The van der Waals surface area contributed by atoms with Gasteiger partial charge in [-0.25, -0.2) is 4.79 Å². The number of carbonyl (C=O) groups excluding carboxylic acids is 1. The van der Waals surface area contributed by atoms with Crippen LogP contribution in [0.5, 0.6) is 0 Å². The molecule has 4 nitrogen and oxygen atoms in total. The molecule has 0 aliphatic carbocycles. The van der Waals surface area contributed by atoms with Crippen LogP contribution in [0.25, 0.3) is 0 Å². The zero-order valence-electron chi connectivity index (χ0n) is 7.42. The Bertz CT molecular complexity index is 161. The van der Waals surface area contributed by atoms with E-state index in [1.165, 1.54) is 0 Å². The monoisotopic (exact) mass is 172 g/mol. The average molecular weight is 172 g/mol. The van der Waals surface area contributed by atoms with Gasteiger partial charge in [-0.2, -0.15) is 0 Å². The maximum atomic E-state index is 11.2. The Morgan fingerprint density at radius 2 is 2.42 bits per heavy atom. The number of hydrogen-bond acceptors (Lipinski definition) is 2. The van der Waals surface area contributed by atoms with E-state index >= 15 is 0 Å². The molecule has 2 amide bonds. The Hall–Kier alpha value is -0.770. The number of hydrogen-bond donors (Lipinski definition) is 2. The molecule has 2 N–H and O–H groups in total. The normalized spacial score (nSPS) is 23.8. The van der Waals surface area contributed by atoms with Crippen LogP contribution in [0.4, 0.5) is 4.79 Å². The van der Waals surface area contributed by atoms with Crippen molar-refractivity contribution >= 4 is 6.03 Å². The second-order valence-electron chi connectivity index (χ2n) is 3.08. The SMILES string of the molecule is CNC(=O)N1CCCCC1CO. The summed E-state index contributed by atoms with van der Waals surface area (Å²) < 4.78 is 0. The van der Waals surface area contributed by atoms with E-state index in [0.717, 1.165) is 25.8 Å². The summed E-state index contributed by atoms with van der Waals surface area (Å²) >= 11 is 0. The van der Waals surface area contributed by atoms with E-state index in [0.29, 0.717) is 0 Å². The zero-order chi connectivity index (χ0) is 8.97. The highest BCUT2D eigenvalue weighted by Crippen LogP contribution is 2.15. The van der Waals surface area contributed by atoms with Crippen LogP contribution < -0.4 is 5.32 Å². The molecule has 0 bridgehead atoms. The minimum Gasteiger partial charge on any atom is -0.394 e. The molecule has 12 heavy (non-hydrogen) atoms. The van der Waals surface area contributed by atoms with Gasteiger partial charge in [0.1, 0.15) is 0 Å². The third kappa shape index (κ3) is 1.88. The van der Waals surface area contributed by atoms with Crippen molar-refractivity contribution in [3.63, 3.8) is 0 Å². The Morgan fingerprint density at radius 3 is 3.00 bits per heavy atom. The number of nitrogens with one attached hydrogen (secondary N) is 1. The molecule has 0 aromatic rings. The minimum absolute atomic E-state index is 0.0266. The number of amides is 2. The van der Waals surface area contributed by atoms with Crippen LogP contribution in [-0.2, 0) is 0 Å². The maximum absolute atomic E-state index is 11.2. The molecule has 1 aliphatic rings. The fraction of sp³-hybridized carbons (Fsp3) is 0.875. The zero-order valence-corrected chi connectivity index (χ0v) is 7.42. The number of rotatable bonds is 1. The highest BCUT2D eigenvalue weighted by atomic mass is 16.3. The van der Waals surface area contributed by atoms with Crippen LogP contribution in [0.15, 0.2) is 0 Å². The highest BCUT2D eigenvalue weighted by molar-refractivity contribution is 5.74. The van der Waals surface area contributed by atoms with Crippen molar-refractivity contribution in [2.24, 2.45) is 0 Å². The molecular weight excluding hydrogens is 156 g/mol. The number of nitrogens with zero attached hydrogens (tertiary/aromatic N) is 1. The fourth-order valence-electron chi connectivity index (χ4n) is 1.60. The number of aliphatic hydroxyl groups excluding tert-OH is 1. The molecule has 1 rings (SSSR count). The quantitative estimate of drug-likeness (QED) is 0.592. The summed E-state index contributed by atoms with van der Waals surface area (Å²) in [4.78, 5) is 13.0. The first-order valence-corrected chi connectivity index (χ1v) is 4.38. The van der Waals surface area contributed by atoms with Crippen LogP contribution >= 0.6 is 0 Å². The third-order valence-corrected chi connectivity index (χ3v) is 2.31. The van der Waals surface area contributed by atoms with Crippen LogP contribution in [-0.4, -0.2) is 42.3 Å². The summed E-state index contributed by atoms with van der Waals surface area (Å²) in [6.45, 7) is 0.846. The number of urea groups is 1. The molecule has 1 saturated heterocycles. The predicted molar refractivity (Wildman–Crippen MR) is 45.9 cm³/mol. The van der Waals surface area contributed by atoms with E-state index in [9.17, 15) is 4.79 Å². The lowest BCUT2D eigenvalue weighted by molar-refractivity contribution is 0.109. The van der Waals surface area contributed by atoms with Crippen molar-refractivity contribution in [1.29, 1.82) is 0 Å². The Morgan fingerprint density at radius 1 is 1.67 bits per heavy atom. The first-order valence-electron chi connectivity index (χ1n) is 4.38. The maximum Gasteiger partial charge on any atom is 0.317 e. The van der Waals surface area contributed by atoms with Crippen molar-refractivity contribution in [3.05, 3.63) is 0 Å². The topological polar surface area (TPSA) is 52.6 Å². The number of piperidine rings is 1. The predicted octanol–water partition coefficient (Wildman–Crippen LogP) is 0.173.